The molecular weight excluding hydrogens is 408 g/mol. The van der Waals surface area contributed by atoms with E-state index in [1.807, 2.05) is 42.5 Å². The topological polar surface area (TPSA) is 74.2 Å². The Bertz CT molecular complexity index is 1170. The lowest BCUT2D eigenvalue weighted by molar-refractivity contribution is -0.151. The van der Waals surface area contributed by atoms with Gasteiger partial charge in [0, 0.05) is 30.0 Å². The number of ether oxygens (including phenoxy) is 4. The van der Waals surface area contributed by atoms with E-state index >= 15 is 0 Å². The molecule has 1 saturated carbocycles. The lowest BCUT2D eigenvalue weighted by Crippen LogP contribution is -2.50. The zero-order valence-corrected chi connectivity index (χ0v) is 18.1. The first kappa shape index (κ1) is 20.4. The number of carbonyl (C=O) groups excluding carboxylic acids is 1. The van der Waals surface area contributed by atoms with Gasteiger partial charge in [-0.05, 0) is 17.7 Å². The minimum absolute atomic E-state index is 0.126. The molecule has 164 valence electrons. The first-order valence-corrected chi connectivity index (χ1v) is 10.4. The highest BCUT2D eigenvalue weighted by atomic mass is 16.5. The standard InChI is InChI=1S/C26H24O6/c1-29-18-11-9-17(10-12-18)26-20(16-7-5-4-6-8-16)15-23(27)25(26,28)24-21(31-3)13-19(30-2)14-22(24)32-26/h4-14,20,28H,15H2,1-3H3/t20?,25-,26+/m1/s1. The molecule has 1 aliphatic carbocycles. The quantitative estimate of drug-likeness (QED) is 0.658. The van der Waals surface area contributed by atoms with E-state index in [1.54, 1.807) is 38.5 Å². The number of hydrogen-bond donors (Lipinski definition) is 1. The molecule has 6 nitrogen and oxygen atoms in total. The number of aliphatic hydroxyl groups is 1. The molecular formula is C26H24O6. The average molecular weight is 432 g/mol. The van der Waals surface area contributed by atoms with Crippen molar-refractivity contribution in [1.29, 1.82) is 0 Å². The summed E-state index contributed by atoms with van der Waals surface area (Å²) in [5.74, 6) is 1.16. The van der Waals surface area contributed by atoms with Crippen molar-refractivity contribution < 1.29 is 28.8 Å². The van der Waals surface area contributed by atoms with Crippen LogP contribution in [0.4, 0.5) is 0 Å². The summed E-state index contributed by atoms with van der Waals surface area (Å²) in [5.41, 5.74) is -1.39. The van der Waals surface area contributed by atoms with Crippen LogP contribution in [0.2, 0.25) is 0 Å². The van der Waals surface area contributed by atoms with Gasteiger partial charge in [-0.3, -0.25) is 4.79 Å². The van der Waals surface area contributed by atoms with Crippen LogP contribution in [0.1, 0.15) is 29.0 Å². The Hall–Kier alpha value is -3.51. The van der Waals surface area contributed by atoms with Gasteiger partial charge in [-0.1, -0.05) is 42.5 Å². The van der Waals surface area contributed by atoms with Crippen LogP contribution in [-0.4, -0.2) is 32.2 Å². The van der Waals surface area contributed by atoms with Crippen molar-refractivity contribution in [3.05, 3.63) is 83.4 Å². The number of methoxy groups -OCH3 is 3. The first-order chi connectivity index (χ1) is 15.5. The number of hydrogen-bond acceptors (Lipinski definition) is 6. The second kappa shape index (κ2) is 7.28. The van der Waals surface area contributed by atoms with E-state index in [2.05, 4.69) is 0 Å². The Morgan fingerprint density at radius 1 is 0.906 bits per heavy atom. The van der Waals surface area contributed by atoms with Crippen LogP contribution < -0.4 is 18.9 Å². The van der Waals surface area contributed by atoms with E-state index in [4.69, 9.17) is 18.9 Å². The third-order valence-corrected chi connectivity index (χ3v) is 6.67. The molecule has 5 rings (SSSR count). The molecule has 1 heterocycles. The van der Waals surface area contributed by atoms with Gasteiger partial charge in [0.25, 0.3) is 0 Å². The second-order valence-electron chi connectivity index (χ2n) is 8.07. The summed E-state index contributed by atoms with van der Waals surface area (Å²) < 4.78 is 22.9. The third-order valence-electron chi connectivity index (χ3n) is 6.67. The fraction of sp³-hybridized carbons (Fsp3) is 0.269. The zero-order valence-electron chi connectivity index (χ0n) is 18.1. The van der Waals surface area contributed by atoms with Crippen LogP contribution in [-0.2, 0) is 16.0 Å². The van der Waals surface area contributed by atoms with E-state index in [0.29, 0.717) is 34.1 Å². The molecule has 3 aromatic rings. The number of Topliss-reactive ketones (excluding diaryl/α,β-unsaturated/α-hetero) is 1. The predicted octanol–water partition coefficient (Wildman–Crippen LogP) is 3.94. The summed E-state index contributed by atoms with van der Waals surface area (Å²) >= 11 is 0. The van der Waals surface area contributed by atoms with Crippen molar-refractivity contribution >= 4 is 5.78 Å². The summed E-state index contributed by atoms with van der Waals surface area (Å²) in [4.78, 5) is 13.6. The van der Waals surface area contributed by atoms with Crippen molar-refractivity contribution in [2.75, 3.05) is 21.3 Å². The van der Waals surface area contributed by atoms with Gasteiger partial charge < -0.3 is 24.1 Å². The molecule has 3 atom stereocenters. The molecule has 1 N–H and O–H groups in total. The fourth-order valence-electron chi connectivity index (χ4n) is 5.21. The Morgan fingerprint density at radius 2 is 1.59 bits per heavy atom. The maximum Gasteiger partial charge on any atom is 0.200 e. The highest BCUT2D eigenvalue weighted by Crippen LogP contribution is 2.67. The molecule has 2 aliphatic rings. The highest BCUT2D eigenvalue weighted by molar-refractivity contribution is 5.97. The summed E-state index contributed by atoms with van der Waals surface area (Å²) in [6.45, 7) is 0. The van der Waals surface area contributed by atoms with Crippen LogP contribution in [0.5, 0.6) is 23.0 Å². The number of rotatable bonds is 5. The number of ketones is 1. The molecule has 1 aliphatic heterocycles. The Labute approximate surface area is 186 Å². The maximum absolute atomic E-state index is 13.6. The van der Waals surface area contributed by atoms with Gasteiger partial charge in [-0.25, -0.2) is 0 Å². The van der Waals surface area contributed by atoms with Crippen molar-refractivity contribution in [3.63, 3.8) is 0 Å². The lowest BCUT2D eigenvalue weighted by Gasteiger charge is -2.39. The van der Waals surface area contributed by atoms with Crippen molar-refractivity contribution in [1.82, 2.24) is 0 Å². The smallest absolute Gasteiger partial charge is 0.200 e. The summed E-state index contributed by atoms with van der Waals surface area (Å²) in [7, 11) is 4.64. The fourth-order valence-corrected chi connectivity index (χ4v) is 5.21. The monoisotopic (exact) mass is 432 g/mol. The molecule has 0 saturated heterocycles. The van der Waals surface area contributed by atoms with Crippen LogP contribution in [0.15, 0.2) is 66.7 Å². The van der Waals surface area contributed by atoms with Gasteiger partial charge in [0.1, 0.15) is 23.0 Å². The van der Waals surface area contributed by atoms with Crippen molar-refractivity contribution in [3.8, 4) is 23.0 Å². The first-order valence-electron chi connectivity index (χ1n) is 10.4. The average Bonchev–Trinajstić information content (AvgIpc) is 3.24. The molecule has 1 unspecified atom stereocenters. The van der Waals surface area contributed by atoms with Gasteiger partial charge in [0.2, 0.25) is 0 Å². The van der Waals surface area contributed by atoms with E-state index < -0.39 is 17.1 Å². The molecule has 0 bridgehead atoms. The van der Waals surface area contributed by atoms with Gasteiger partial charge >= 0.3 is 0 Å². The second-order valence-corrected chi connectivity index (χ2v) is 8.07. The van der Waals surface area contributed by atoms with Crippen LogP contribution >= 0.6 is 0 Å². The molecule has 6 heteroatoms. The zero-order chi connectivity index (χ0) is 22.5. The Kier molecular flexibility index (Phi) is 4.64. The maximum atomic E-state index is 13.6. The molecule has 0 radical (unpaired) electrons. The lowest BCUT2D eigenvalue weighted by atomic mass is 9.71. The van der Waals surface area contributed by atoms with Crippen molar-refractivity contribution in [2.24, 2.45) is 0 Å². The highest BCUT2D eigenvalue weighted by Gasteiger charge is 2.74. The molecule has 32 heavy (non-hydrogen) atoms. The molecule has 1 fully saturated rings. The number of benzene rings is 3. The van der Waals surface area contributed by atoms with E-state index in [-0.39, 0.29) is 12.2 Å². The molecule has 0 aromatic heterocycles. The normalized spacial score (nSPS) is 25.6. The van der Waals surface area contributed by atoms with Gasteiger partial charge in [-0.15, -0.1) is 0 Å². The minimum atomic E-state index is -1.94. The van der Waals surface area contributed by atoms with Crippen molar-refractivity contribution in [2.45, 2.75) is 23.5 Å². The Balaban J connectivity index is 1.81. The number of carbonyl (C=O) groups is 1. The Morgan fingerprint density at radius 3 is 2.22 bits per heavy atom. The van der Waals surface area contributed by atoms with Crippen LogP contribution in [0, 0.1) is 0 Å². The van der Waals surface area contributed by atoms with Crippen LogP contribution in [0.25, 0.3) is 0 Å². The van der Waals surface area contributed by atoms with Gasteiger partial charge in [0.15, 0.2) is 17.0 Å². The minimum Gasteiger partial charge on any atom is -0.497 e. The summed E-state index contributed by atoms with van der Waals surface area (Å²) in [6.07, 6.45) is 0.126. The molecule has 0 amide bonds. The van der Waals surface area contributed by atoms with Gasteiger partial charge in [-0.2, -0.15) is 0 Å². The van der Waals surface area contributed by atoms with Crippen LogP contribution in [0.3, 0.4) is 0 Å². The molecule has 0 spiro atoms. The van der Waals surface area contributed by atoms with E-state index in [9.17, 15) is 9.90 Å². The largest absolute Gasteiger partial charge is 0.497 e. The summed E-state index contributed by atoms with van der Waals surface area (Å²) in [5, 5.41) is 12.3. The SMILES string of the molecule is COc1ccc([C@@]23Oc4cc(OC)cc(OC)c4[C@]2(O)C(=O)CC3c2ccccc2)cc1. The molecule has 3 aromatic carbocycles. The summed E-state index contributed by atoms with van der Waals surface area (Å²) in [6, 6.07) is 20.3. The van der Waals surface area contributed by atoms with E-state index in [0.717, 1.165) is 5.56 Å². The van der Waals surface area contributed by atoms with Gasteiger partial charge in [0.05, 0.1) is 26.9 Å². The predicted molar refractivity (Wildman–Crippen MR) is 118 cm³/mol. The third kappa shape index (κ3) is 2.53. The number of fused-ring (bicyclic) bond motifs is 3. The van der Waals surface area contributed by atoms with E-state index in [1.165, 1.54) is 7.11 Å².